The van der Waals surface area contributed by atoms with E-state index in [-0.39, 0.29) is 12.1 Å². The number of hydrogen-bond donors (Lipinski definition) is 1. The van der Waals surface area contributed by atoms with E-state index < -0.39 is 0 Å². The van der Waals surface area contributed by atoms with Gasteiger partial charge in [-0.15, -0.1) is 0 Å². The van der Waals surface area contributed by atoms with Gasteiger partial charge in [-0.1, -0.05) is 11.6 Å². The van der Waals surface area contributed by atoms with Crippen LogP contribution in [0.1, 0.15) is 37.9 Å². The summed E-state index contributed by atoms with van der Waals surface area (Å²) < 4.78 is 10.2. The fourth-order valence-electron chi connectivity index (χ4n) is 2.58. The second-order valence-electron chi connectivity index (χ2n) is 5.12. The molecule has 0 saturated carbocycles. The van der Waals surface area contributed by atoms with Gasteiger partial charge in [-0.3, -0.25) is 4.90 Å². The van der Waals surface area contributed by atoms with Gasteiger partial charge in [-0.2, -0.15) is 4.98 Å². The van der Waals surface area contributed by atoms with E-state index in [4.69, 9.17) is 9.26 Å². The summed E-state index contributed by atoms with van der Waals surface area (Å²) in [6, 6.07) is 0.197. The summed E-state index contributed by atoms with van der Waals surface area (Å²) in [6.45, 7) is 4.04. The van der Waals surface area contributed by atoms with Crippen LogP contribution < -0.4 is 0 Å². The highest BCUT2D eigenvalue weighted by atomic mass is 16.5. The Morgan fingerprint density at radius 1 is 1.53 bits per heavy atom. The molecule has 1 N–H and O–H groups in total. The number of aliphatic hydroxyl groups excluding tert-OH is 1. The summed E-state index contributed by atoms with van der Waals surface area (Å²) in [6.07, 6.45) is 3.71. The minimum Gasteiger partial charge on any atom is -0.392 e. The first kappa shape index (κ1) is 14.4. The van der Waals surface area contributed by atoms with Gasteiger partial charge >= 0.3 is 0 Å². The summed E-state index contributed by atoms with van der Waals surface area (Å²) >= 11 is 0. The molecule has 2 heterocycles. The van der Waals surface area contributed by atoms with Crippen LogP contribution in [-0.2, 0) is 17.7 Å². The van der Waals surface area contributed by atoms with Crippen LogP contribution in [-0.4, -0.2) is 52.6 Å². The smallest absolute Gasteiger partial charge is 0.240 e. The average molecular weight is 269 g/mol. The number of likely N-dealkylation sites (tertiary alicyclic amines) is 1. The van der Waals surface area contributed by atoms with Crippen molar-refractivity contribution in [1.82, 2.24) is 15.0 Å². The SMILES string of the molecule is COCCc1noc(CN2CCCCC2C(C)O)n1. The summed E-state index contributed by atoms with van der Waals surface area (Å²) in [5.41, 5.74) is 0. The number of nitrogens with zero attached hydrogens (tertiary/aromatic N) is 3. The summed E-state index contributed by atoms with van der Waals surface area (Å²) in [4.78, 5) is 6.59. The minimum atomic E-state index is -0.323. The minimum absolute atomic E-state index is 0.197. The predicted octanol–water partition coefficient (Wildman–Crippen LogP) is 0.994. The zero-order valence-electron chi connectivity index (χ0n) is 11.7. The monoisotopic (exact) mass is 269 g/mol. The van der Waals surface area contributed by atoms with Crippen molar-refractivity contribution >= 4 is 0 Å². The molecule has 1 aromatic rings. The van der Waals surface area contributed by atoms with E-state index in [0.29, 0.717) is 31.3 Å². The van der Waals surface area contributed by atoms with Gasteiger partial charge in [0, 0.05) is 19.6 Å². The van der Waals surface area contributed by atoms with E-state index in [0.717, 1.165) is 19.4 Å². The lowest BCUT2D eigenvalue weighted by Gasteiger charge is -2.36. The average Bonchev–Trinajstić information content (AvgIpc) is 2.84. The van der Waals surface area contributed by atoms with Gasteiger partial charge in [0.25, 0.3) is 0 Å². The maximum Gasteiger partial charge on any atom is 0.240 e. The zero-order valence-corrected chi connectivity index (χ0v) is 11.7. The number of hydrogen-bond acceptors (Lipinski definition) is 6. The number of rotatable bonds is 6. The molecule has 19 heavy (non-hydrogen) atoms. The molecule has 108 valence electrons. The van der Waals surface area contributed by atoms with E-state index >= 15 is 0 Å². The maximum absolute atomic E-state index is 9.82. The molecular formula is C13H23N3O3. The highest BCUT2D eigenvalue weighted by Gasteiger charge is 2.27. The van der Waals surface area contributed by atoms with Gasteiger partial charge in [0.2, 0.25) is 5.89 Å². The van der Waals surface area contributed by atoms with E-state index in [1.54, 1.807) is 7.11 Å². The van der Waals surface area contributed by atoms with Crippen molar-refractivity contribution in [2.45, 2.75) is 51.3 Å². The number of ether oxygens (including phenoxy) is 1. The van der Waals surface area contributed by atoms with Gasteiger partial charge in [0.1, 0.15) is 0 Å². The molecule has 2 unspecified atom stereocenters. The molecule has 0 aromatic carbocycles. The molecule has 1 aliphatic heterocycles. The van der Waals surface area contributed by atoms with Crippen LogP contribution in [0.5, 0.6) is 0 Å². The van der Waals surface area contributed by atoms with Crippen LogP contribution >= 0.6 is 0 Å². The molecule has 1 aromatic heterocycles. The Hall–Kier alpha value is -0.980. The number of piperidine rings is 1. The van der Waals surface area contributed by atoms with E-state index in [1.165, 1.54) is 6.42 Å². The van der Waals surface area contributed by atoms with Crippen LogP contribution in [0, 0.1) is 0 Å². The highest BCUT2D eigenvalue weighted by Crippen LogP contribution is 2.21. The van der Waals surface area contributed by atoms with Crippen molar-refractivity contribution in [3.63, 3.8) is 0 Å². The van der Waals surface area contributed by atoms with Gasteiger partial charge < -0.3 is 14.4 Å². The molecule has 2 atom stereocenters. The summed E-state index contributed by atoms with van der Waals surface area (Å²) in [5.74, 6) is 1.31. The third-order valence-electron chi connectivity index (χ3n) is 3.60. The largest absolute Gasteiger partial charge is 0.392 e. The van der Waals surface area contributed by atoms with E-state index in [9.17, 15) is 5.11 Å². The number of aromatic nitrogens is 2. The Balaban J connectivity index is 1.93. The van der Waals surface area contributed by atoms with Crippen molar-refractivity contribution in [3.8, 4) is 0 Å². The predicted molar refractivity (Wildman–Crippen MR) is 69.6 cm³/mol. The molecule has 1 fully saturated rings. The molecular weight excluding hydrogens is 246 g/mol. The first-order valence-corrected chi connectivity index (χ1v) is 6.93. The van der Waals surface area contributed by atoms with Gasteiger partial charge in [0.15, 0.2) is 5.82 Å². The van der Waals surface area contributed by atoms with E-state index in [1.807, 2.05) is 6.92 Å². The topological polar surface area (TPSA) is 71.6 Å². The van der Waals surface area contributed by atoms with Crippen molar-refractivity contribution in [1.29, 1.82) is 0 Å². The first-order chi connectivity index (χ1) is 9.20. The number of aliphatic hydroxyl groups is 1. The fraction of sp³-hybridized carbons (Fsp3) is 0.846. The fourth-order valence-corrected chi connectivity index (χ4v) is 2.58. The standard InChI is InChI=1S/C13H23N3O3/c1-10(17)11-5-3-4-7-16(11)9-13-14-12(15-19-13)6-8-18-2/h10-11,17H,3-9H2,1-2H3. The van der Waals surface area contributed by atoms with Crippen LogP contribution in [0.25, 0.3) is 0 Å². The lowest BCUT2D eigenvalue weighted by molar-refractivity contribution is 0.0260. The quantitative estimate of drug-likeness (QED) is 0.830. The van der Waals surface area contributed by atoms with Crippen LogP contribution in [0.4, 0.5) is 0 Å². The second kappa shape index (κ2) is 6.98. The van der Waals surface area contributed by atoms with Gasteiger partial charge in [-0.05, 0) is 26.3 Å². The number of methoxy groups -OCH3 is 1. The molecule has 6 heteroatoms. The highest BCUT2D eigenvalue weighted by molar-refractivity contribution is 4.89. The van der Waals surface area contributed by atoms with Crippen LogP contribution in [0.3, 0.4) is 0 Å². The van der Waals surface area contributed by atoms with Crippen molar-refractivity contribution in [2.24, 2.45) is 0 Å². The third kappa shape index (κ3) is 3.99. The summed E-state index contributed by atoms with van der Waals surface area (Å²) in [5, 5.41) is 13.8. The Kier molecular flexibility index (Phi) is 5.30. The van der Waals surface area contributed by atoms with E-state index in [2.05, 4.69) is 15.0 Å². The van der Waals surface area contributed by atoms with Crippen molar-refractivity contribution in [2.75, 3.05) is 20.3 Å². The molecule has 1 saturated heterocycles. The normalized spacial score (nSPS) is 22.6. The molecule has 0 aliphatic carbocycles. The van der Waals surface area contributed by atoms with Crippen LogP contribution in [0.2, 0.25) is 0 Å². The first-order valence-electron chi connectivity index (χ1n) is 6.93. The zero-order chi connectivity index (χ0) is 13.7. The van der Waals surface area contributed by atoms with Crippen molar-refractivity contribution < 1.29 is 14.4 Å². The molecule has 0 radical (unpaired) electrons. The lowest BCUT2D eigenvalue weighted by atomic mass is 9.98. The maximum atomic E-state index is 9.82. The molecule has 2 rings (SSSR count). The van der Waals surface area contributed by atoms with Gasteiger partial charge in [-0.25, -0.2) is 0 Å². The molecule has 0 amide bonds. The molecule has 0 spiro atoms. The Morgan fingerprint density at radius 3 is 3.11 bits per heavy atom. The molecule has 6 nitrogen and oxygen atoms in total. The Labute approximate surface area is 113 Å². The molecule has 1 aliphatic rings. The lowest BCUT2D eigenvalue weighted by Crippen LogP contribution is -2.45. The van der Waals surface area contributed by atoms with Crippen molar-refractivity contribution in [3.05, 3.63) is 11.7 Å². The second-order valence-corrected chi connectivity index (χ2v) is 5.12. The molecule has 0 bridgehead atoms. The third-order valence-corrected chi connectivity index (χ3v) is 3.60. The Bertz CT molecular complexity index is 381. The Morgan fingerprint density at radius 2 is 2.37 bits per heavy atom. The van der Waals surface area contributed by atoms with Gasteiger partial charge in [0.05, 0.1) is 19.3 Å². The van der Waals surface area contributed by atoms with Crippen LogP contribution in [0.15, 0.2) is 4.52 Å². The summed E-state index contributed by atoms with van der Waals surface area (Å²) in [7, 11) is 1.65.